The lowest BCUT2D eigenvalue weighted by Crippen LogP contribution is -2.05. The van der Waals surface area contributed by atoms with Crippen molar-refractivity contribution in [1.82, 2.24) is 0 Å². The molecule has 105 valence electrons. The maximum atomic E-state index is 12.5. The summed E-state index contributed by atoms with van der Waals surface area (Å²) in [7, 11) is 0. The molecule has 1 aromatic rings. The topological polar surface area (TPSA) is 0 Å². The van der Waals surface area contributed by atoms with Crippen LogP contribution in [0.3, 0.4) is 0 Å². The van der Waals surface area contributed by atoms with Crippen molar-refractivity contribution in [2.45, 2.75) is 44.7 Å². The molecule has 0 saturated heterocycles. The molecule has 0 bridgehead atoms. The summed E-state index contributed by atoms with van der Waals surface area (Å²) in [5, 5.41) is 0. The van der Waals surface area contributed by atoms with Crippen LogP contribution in [0.4, 0.5) is 13.2 Å². The SMILES string of the molecule is [CH2]C=CCCCCCCc1cccc(C(F)(F)F)c1. The Balaban J connectivity index is 2.30. The Morgan fingerprint density at radius 1 is 1.05 bits per heavy atom. The van der Waals surface area contributed by atoms with Crippen LogP contribution in [0.15, 0.2) is 36.4 Å². The van der Waals surface area contributed by atoms with Crippen LogP contribution in [0.5, 0.6) is 0 Å². The van der Waals surface area contributed by atoms with E-state index in [4.69, 9.17) is 0 Å². The zero-order valence-electron chi connectivity index (χ0n) is 11.0. The van der Waals surface area contributed by atoms with E-state index in [9.17, 15) is 13.2 Å². The van der Waals surface area contributed by atoms with Crippen molar-refractivity contribution < 1.29 is 13.2 Å². The third-order valence-electron chi connectivity index (χ3n) is 3.01. The molecule has 0 aliphatic heterocycles. The van der Waals surface area contributed by atoms with Gasteiger partial charge >= 0.3 is 6.18 Å². The Morgan fingerprint density at radius 3 is 2.47 bits per heavy atom. The molecular weight excluding hydrogens is 249 g/mol. The average molecular weight is 269 g/mol. The number of unbranched alkanes of at least 4 members (excludes halogenated alkanes) is 4. The van der Waals surface area contributed by atoms with Crippen LogP contribution in [-0.2, 0) is 12.6 Å². The van der Waals surface area contributed by atoms with E-state index in [2.05, 4.69) is 6.92 Å². The van der Waals surface area contributed by atoms with Crippen molar-refractivity contribution in [2.24, 2.45) is 0 Å². The van der Waals surface area contributed by atoms with Crippen molar-refractivity contribution in [1.29, 1.82) is 0 Å². The summed E-state index contributed by atoms with van der Waals surface area (Å²) in [6.45, 7) is 3.61. The summed E-state index contributed by atoms with van der Waals surface area (Å²) >= 11 is 0. The summed E-state index contributed by atoms with van der Waals surface area (Å²) in [5.74, 6) is 0. The molecule has 0 saturated carbocycles. The first-order valence-corrected chi connectivity index (χ1v) is 6.64. The van der Waals surface area contributed by atoms with Crippen LogP contribution in [0.1, 0.15) is 43.2 Å². The quantitative estimate of drug-likeness (QED) is 0.566. The molecule has 1 rings (SSSR count). The monoisotopic (exact) mass is 269 g/mol. The van der Waals surface area contributed by atoms with Gasteiger partial charge in [-0.1, -0.05) is 43.2 Å². The highest BCUT2D eigenvalue weighted by molar-refractivity contribution is 5.25. The molecule has 1 radical (unpaired) electrons. The number of halogens is 3. The van der Waals surface area contributed by atoms with Crippen molar-refractivity contribution in [3.05, 3.63) is 54.5 Å². The van der Waals surface area contributed by atoms with Gasteiger partial charge in [0.25, 0.3) is 0 Å². The Kier molecular flexibility index (Phi) is 6.68. The zero-order valence-corrected chi connectivity index (χ0v) is 11.0. The first-order chi connectivity index (χ1) is 9.04. The lowest BCUT2D eigenvalue weighted by Gasteiger charge is -2.08. The normalized spacial score (nSPS) is 12.2. The summed E-state index contributed by atoms with van der Waals surface area (Å²) in [6, 6.07) is 5.62. The van der Waals surface area contributed by atoms with Gasteiger partial charge in [-0.05, 0) is 44.2 Å². The van der Waals surface area contributed by atoms with Crippen molar-refractivity contribution in [3.8, 4) is 0 Å². The molecule has 0 fully saturated rings. The molecule has 1 aromatic carbocycles. The van der Waals surface area contributed by atoms with Gasteiger partial charge in [-0.3, -0.25) is 0 Å². The molecule has 19 heavy (non-hydrogen) atoms. The number of rotatable bonds is 7. The summed E-state index contributed by atoms with van der Waals surface area (Å²) in [4.78, 5) is 0. The van der Waals surface area contributed by atoms with Gasteiger partial charge in [0.1, 0.15) is 0 Å². The lowest BCUT2D eigenvalue weighted by atomic mass is 10.0. The van der Waals surface area contributed by atoms with Crippen molar-refractivity contribution >= 4 is 0 Å². The highest BCUT2D eigenvalue weighted by Crippen LogP contribution is 2.29. The fourth-order valence-electron chi connectivity index (χ4n) is 1.97. The minimum absolute atomic E-state index is 0.550. The summed E-state index contributed by atoms with van der Waals surface area (Å²) in [6.07, 6.45) is 5.57. The van der Waals surface area contributed by atoms with Crippen LogP contribution < -0.4 is 0 Å². The molecular formula is C16H20F3. The summed E-state index contributed by atoms with van der Waals surface area (Å²) in [5.41, 5.74) is 0.220. The van der Waals surface area contributed by atoms with E-state index >= 15 is 0 Å². The largest absolute Gasteiger partial charge is 0.416 e. The summed E-state index contributed by atoms with van der Waals surface area (Å²) < 4.78 is 37.6. The molecule has 0 spiro atoms. The highest BCUT2D eigenvalue weighted by Gasteiger charge is 2.30. The standard InChI is InChI=1S/C16H20F3/c1-2-3-4-5-6-7-8-10-14-11-9-12-15(13-14)16(17,18)19/h2-3,9,11-13H,1,4-8,10H2. The van der Waals surface area contributed by atoms with E-state index in [1.807, 2.05) is 6.08 Å². The number of alkyl halides is 3. The van der Waals surface area contributed by atoms with Gasteiger partial charge < -0.3 is 0 Å². The molecule has 0 aliphatic carbocycles. The highest BCUT2D eigenvalue weighted by atomic mass is 19.4. The van der Waals surface area contributed by atoms with Crippen molar-refractivity contribution in [3.63, 3.8) is 0 Å². The average Bonchev–Trinajstić information content (AvgIpc) is 2.37. The van der Waals surface area contributed by atoms with E-state index in [0.29, 0.717) is 0 Å². The number of hydrogen-bond acceptors (Lipinski definition) is 0. The molecule has 0 unspecified atom stereocenters. The predicted molar refractivity (Wildman–Crippen MR) is 72.7 cm³/mol. The first-order valence-electron chi connectivity index (χ1n) is 6.64. The molecule has 0 aliphatic rings. The van der Waals surface area contributed by atoms with Gasteiger partial charge in [0.2, 0.25) is 0 Å². The molecule has 0 N–H and O–H groups in total. The lowest BCUT2D eigenvalue weighted by molar-refractivity contribution is -0.137. The number of hydrogen-bond donors (Lipinski definition) is 0. The molecule has 0 heterocycles. The first kappa shape index (κ1) is 15.8. The van der Waals surface area contributed by atoms with Gasteiger partial charge in [-0.25, -0.2) is 0 Å². The minimum Gasteiger partial charge on any atom is -0.166 e. The zero-order chi connectivity index (χ0) is 14.1. The van der Waals surface area contributed by atoms with Crippen molar-refractivity contribution in [2.75, 3.05) is 0 Å². The fraction of sp³-hybridized carbons (Fsp3) is 0.438. The Bertz CT molecular complexity index is 391. The van der Waals surface area contributed by atoms with Crippen LogP contribution in [0.2, 0.25) is 0 Å². The minimum atomic E-state index is -4.24. The van der Waals surface area contributed by atoms with Crippen LogP contribution in [-0.4, -0.2) is 0 Å². The van der Waals surface area contributed by atoms with Gasteiger partial charge in [0.05, 0.1) is 5.56 Å². The van der Waals surface area contributed by atoms with Gasteiger partial charge in [0.15, 0.2) is 0 Å². The van der Waals surface area contributed by atoms with Crippen LogP contribution in [0.25, 0.3) is 0 Å². The molecule has 3 heteroatoms. The molecule has 0 atom stereocenters. The smallest absolute Gasteiger partial charge is 0.166 e. The van der Waals surface area contributed by atoms with E-state index in [-0.39, 0.29) is 0 Å². The second-order valence-corrected chi connectivity index (χ2v) is 4.62. The van der Waals surface area contributed by atoms with E-state index in [0.717, 1.165) is 50.2 Å². The Hall–Kier alpha value is -1.25. The third kappa shape index (κ3) is 6.46. The maximum Gasteiger partial charge on any atom is 0.416 e. The predicted octanol–water partition coefficient (Wildman–Crippen LogP) is 5.59. The second-order valence-electron chi connectivity index (χ2n) is 4.62. The number of aryl methyl sites for hydroxylation is 1. The van der Waals surface area contributed by atoms with Crippen LogP contribution in [0, 0.1) is 6.92 Å². The third-order valence-corrected chi connectivity index (χ3v) is 3.01. The molecule has 0 nitrogen and oxygen atoms in total. The molecule has 0 aromatic heterocycles. The van der Waals surface area contributed by atoms with E-state index in [1.165, 1.54) is 12.1 Å². The van der Waals surface area contributed by atoms with E-state index in [1.54, 1.807) is 12.1 Å². The van der Waals surface area contributed by atoms with Crippen LogP contribution >= 0.6 is 0 Å². The fourth-order valence-corrected chi connectivity index (χ4v) is 1.97. The van der Waals surface area contributed by atoms with Gasteiger partial charge in [-0.2, -0.15) is 13.2 Å². The Morgan fingerprint density at radius 2 is 1.79 bits per heavy atom. The number of benzene rings is 1. The Labute approximate surface area is 113 Å². The molecule has 0 amide bonds. The maximum absolute atomic E-state index is 12.5. The van der Waals surface area contributed by atoms with E-state index < -0.39 is 11.7 Å². The number of allylic oxidation sites excluding steroid dienone is 2. The second kappa shape index (κ2) is 8.03. The van der Waals surface area contributed by atoms with Gasteiger partial charge in [0, 0.05) is 0 Å². The van der Waals surface area contributed by atoms with Gasteiger partial charge in [-0.15, -0.1) is 0 Å².